The van der Waals surface area contributed by atoms with Crippen molar-refractivity contribution in [3.63, 3.8) is 0 Å². The Morgan fingerprint density at radius 3 is 2.59 bits per heavy atom. The lowest BCUT2D eigenvalue weighted by Gasteiger charge is -2.14. The van der Waals surface area contributed by atoms with Crippen LogP contribution in [0.5, 0.6) is 0 Å². The molecule has 0 aliphatic heterocycles. The van der Waals surface area contributed by atoms with Gasteiger partial charge < -0.3 is 10.6 Å². The van der Waals surface area contributed by atoms with E-state index in [1.165, 1.54) is 23.5 Å². The van der Waals surface area contributed by atoms with E-state index >= 15 is 0 Å². The van der Waals surface area contributed by atoms with Gasteiger partial charge in [0.2, 0.25) is 0 Å². The highest BCUT2D eigenvalue weighted by atomic mass is 35.5. The molecule has 1 aromatic carbocycles. The first kappa shape index (κ1) is 16.6. The summed E-state index contributed by atoms with van der Waals surface area (Å²) in [7, 11) is 0. The molecule has 22 heavy (non-hydrogen) atoms. The maximum absolute atomic E-state index is 12.6. The quantitative estimate of drug-likeness (QED) is 0.776. The number of alkyl halides is 3. The molecule has 0 unspecified atom stereocenters. The number of urea groups is 1. The van der Waals surface area contributed by atoms with Crippen molar-refractivity contribution >= 4 is 34.7 Å². The van der Waals surface area contributed by atoms with E-state index in [-0.39, 0.29) is 11.7 Å². The van der Waals surface area contributed by atoms with Gasteiger partial charge in [-0.05, 0) is 37.3 Å². The predicted molar refractivity (Wildman–Crippen MR) is 81.3 cm³/mol. The van der Waals surface area contributed by atoms with Crippen LogP contribution in [0, 0.1) is 0 Å². The first-order valence-electron chi connectivity index (χ1n) is 6.26. The van der Waals surface area contributed by atoms with Gasteiger partial charge in [-0.15, -0.1) is 11.3 Å². The fraction of sp³-hybridized carbons (Fsp3) is 0.214. The number of carbonyl (C=O) groups excluding carboxylic acids is 1. The minimum absolute atomic E-state index is 0.0729. The zero-order chi connectivity index (χ0) is 16.3. The summed E-state index contributed by atoms with van der Waals surface area (Å²) in [5.74, 6) is 0. The second-order valence-electron chi connectivity index (χ2n) is 4.54. The van der Waals surface area contributed by atoms with Crippen molar-refractivity contribution in [3.05, 3.63) is 51.2 Å². The summed E-state index contributed by atoms with van der Waals surface area (Å²) in [6.45, 7) is 1.76. The van der Waals surface area contributed by atoms with Gasteiger partial charge in [0.05, 0.1) is 15.9 Å². The second-order valence-corrected chi connectivity index (χ2v) is 6.29. The lowest BCUT2D eigenvalue weighted by molar-refractivity contribution is -0.137. The molecule has 0 aliphatic rings. The number of anilines is 1. The molecule has 0 aliphatic carbocycles. The molecule has 0 fully saturated rings. The molecule has 3 nitrogen and oxygen atoms in total. The smallest absolute Gasteiger partial charge is 0.331 e. The molecule has 1 aromatic heterocycles. The van der Waals surface area contributed by atoms with Crippen LogP contribution in [0.15, 0.2) is 36.4 Å². The van der Waals surface area contributed by atoms with E-state index in [1.807, 2.05) is 0 Å². The predicted octanol–water partition coefficient (Wildman–Crippen LogP) is 5.30. The van der Waals surface area contributed by atoms with Gasteiger partial charge in [0.1, 0.15) is 0 Å². The Labute approximate surface area is 134 Å². The van der Waals surface area contributed by atoms with E-state index in [9.17, 15) is 18.0 Å². The van der Waals surface area contributed by atoms with Crippen LogP contribution >= 0.6 is 22.9 Å². The van der Waals surface area contributed by atoms with E-state index < -0.39 is 17.8 Å². The molecule has 2 N–H and O–H groups in total. The van der Waals surface area contributed by atoms with Gasteiger partial charge in [0.25, 0.3) is 0 Å². The molecule has 2 rings (SSSR count). The number of hydrogen-bond donors (Lipinski definition) is 2. The fourth-order valence-corrected chi connectivity index (χ4v) is 2.83. The van der Waals surface area contributed by atoms with Gasteiger partial charge in [-0.25, -0.2) is 4.79 Å². The molecule has 0 saturated carbocycles. The molecule has 118 valence electrons. The number of halogens is 4. The van der Waals surface area contributed by atoms with Gasteiger partial charge in [-0.1, -0.05) is 17.7 Å². The van der Waals surface area contributed by atoms with Crippen LogP contribution in [0.25, 0.3) is 0 Å². The number of amides is 2. The summed E-state index contributed by atoms with van der Waals surface area (Å²) in [5, 5.41) is 5.02. The van der Waals surface area contributed by atoms with Crippen molar-refractivity contribution in [3.8, 4) is 0 Å². The first-order chi connectivity index (χ1) is 10.3. The number of thiophene rings is 1. The topological polar surface area (TPSA) is 41.1 Å². The van der Waals surface area contributed by atoms with Crippen LogP contribution in [0.1, 0.15) is 23.4 Å². The average Bonchev–Trinajstić information content (AvgIpc) is 2.84. The van der Waals surface area contributed by atoms with Gasteiger partial charge in [-0.2, -0.15) is 13.2 Å². The normalized spacial score (nSPS) is 12.8. The number of carbonyl (C=O) groups is 1. The number of nitrogens with one attached hydrogen (secondary N) is 2. The molecular formula is C14H12ClF3N2OS. The van der Waals surface area contributed by atoms with Crippen molar-refractivity contribution in [2.75, 3.05) is 5.32 Å². The Balaban J connectivity index is 2.00. The summed E-state index contributed by atoms with van der Waals surface area (Å²) >= 11 is 7.14. The Morgan fingerprint density at radius 1 is 1.27 bits per heavy atom. The Morgan fingerprint density at radius 2 is 2.00 bits per heavy atom. The Hall–Kier alpha value is -1.73. The van der Waals surface area contributed by atoms with Gasteiger partial charge in [0.15, 0.2) is 0 Å². The highest BCUT2D eigenvalue weighted by molar-refractivity contribution is 7.16. The van der Waals surface area contributed by atoms with Gasteiger partial charge in [0, 0.05) is 10.6 Å². The lowest BCUT2D eigenvalue weighted by Crippen LogP contribution is -2.30. The van der Waals surface area contributed by atoms with Crippen molar-refractivity contribution in [2.24, 2.45) is 0 Å². The summed E-state index contributed by atoms with van der Waals surface area (Å²) in [4.78, 5) is 12.7. The van der Waals surface area contributed by atoms with Crippen molar-refractivity contribution in [2.45, 2.75) is 19.1 Å². The molecule has 2 aromatic rings. The third kappa shape index (κ3) is 4.38. The third-order valence-electron chi connectivity index (χ3n) is 2.82. The molecule has 8 heteroatoms. The van der Waals surface area contributed by atoms with E-state index in [1.54, 1.807) is 19.1 Å². The SMILES string of the molecule is C[C@H](NC(=O)Nc1cccc(C(F)(F)F)c1)c1ccc(Cl)s1. The first-order valence-corrected chi connectivity index (χ1v) is 7.45. The molecular weight excluding hydrogens is 337 g/mol. The molecule has 0 radical (unpaired) electrons. The molecule has 0 bridgehead atoms. The highest BCUT2D eigenvalue weighted by Gasteiger charge is 2.30. The monoisotopic (exact) mass is 348 g/mol. The maximum Gasteiger partial charge on any atom is 0.416 e. The minimum atomic E-state index is -4.45. The Kier molecular flexibility index (Phi) is 4.97. The number of rotatable bonds is 3. The van der Waals surface area contributed by atoms with E-state index in [0.29, 0.717) is 4.34 Å². The highest BCUT2D eigenvalue weighted by Crippen LogP contribution is 2.31. The zero-order valence-electron chi connectivity index (χ0n) is 11.4. The van der Waals surface area contributed by atoms with E-state index in [0.717, 1.165) is 17.0 Å². The summed E-state index contributed by atoms with van der Waals surface area (Å²) in [5.41, 5.74) is -0.743. The summed E-state index contributed by atoms with van der Waals surface area (Å²) in [6.07, 6.45) is -4.45. The van der Waals surface area contributed by atoms with Crippen molar-refractivity contribution in [1.82, 2.24) is 5.32 Å². The Bertz CT molecular complexity index is 672. The van der Waals surface area contributed by atoms with Crippen LogP contribution in [0.3, 0.4) is 0 Å². The standard InChI is InChI=1S/C14H12ClF3N2OS/c1-8(11-5-6-12(15)22-11)19-13(21)20-10-4-2-3-9(7-10)14(16,17)18/h2-8H,1H3,(H2,19,20,21)/t8-/m0/s1. The van der Waals surface area contributed by atoms with E-state index in [2.05, 4.69) is 10.6 Å². The molecule has 1 atom stereocenters. The van der Waals surface area contributed by atoms with Crippen molar-refractivity contribution < 1.29 is 18.0 Å². The summed E-state index contributed by atoms with van der Waals surface area (Å²) in [6, 6.07) is 7.06. The van der Waals surface area contributed by atoms with E-state index in [4.69, 9.17) is 11.6 Å². The zero-order valence-corrected chi connectivity index (χ0v) is 12.9. The second kappa shape index (κ2) is 6.58. The number of benzene rings is 1. The molecule has 1 heterocycles. The number of hydrogen-bond acceptors (Lipinski definition) is 2. The van der Waals surface area contributed by atoms with Gasteiger partial charge >= 0.3 is 12.2 Å². The maximum atomic E-state index is 12.6. The fourth-order valence-electron chi connectivity index (χ4n) is 1.77. The minimum Gasteiger partial charge on any atom is -0.331 e. The lowest BCUT2D eigenvalue weighted by atomic mass is 10.2. The van der Waals surface area contributed by atoms with Crippen LogP contribution in [0.4, 0.5) is 23.7 Å². The van der Waals surface area contributed by atoms with Crippen molar-refractivity contribution in [1.29, 1.82) is 0 Å². The summed E-state index contributed by atoms with van der Waals surface area (Å²) < 4.78 is 38.4. The largest absolute Gasteiger partial charge is 0.416 e. The van der Waals surface area contributed by atoms with Crippen LogP contribution in [0.2, 0.25) is 4.34 Å². The third-order valence-corrected chi connectivity index (χ3v) is 4.23. The molecule has 0 spiro atoms. The molecule has 0 saturated heterocycles. The van der Waals surface area contributed by atoms with Gasteiger partial charge in [-0.3, -0.25) is 0 Å². The van der Waals surface area contributed by atoms with Crippen LogP contribution in [-0.4, -0.2) is 6.03 Å². The molecule has 2 amide bonds. The van der Waals surface area contributed by atoms with Crippen LogP contribution < -0.4 is 10.6 Å². The van der Waals surface area contributed by atoms with Crippen LogP contribution in [-0.2, 0) is 6.18 Å². The average molecular weight is 349 g/mol.